The van der Waals surface area contributed by atoms with E-state index >= 15 is 0 Å². The Kier molecular flexibility index (Phi) is 9.33. The SMILES string of the molecule is C=CC1CCC2(NCCN3CCN(S(C)(=O)=O)CC3)CCC3(C)C(CCC4C5(C)CC=C(c6ccc(C(=O)O)c(F)c6)C(C)(C)C5CCC43C)C12. The lowest BCUT2D eigenvalue weighted by atomic mass is 9.33. The summed E-state index contributed by atoms with van der Waals surface area (Å²) in [6, 6.07) is 4.68. The Bertz CT molecular complexity index is 1700. The third kappa shape index (κ3) is 5.72. The lowest BCUT2D eigenvalue weighted by Crippen LogP contribution is -2.68. The van der Waals surface area contributed by atoms with Crippen molar-refractivity contribution >= 4 is 21.6 Å². The van der Waals surface area contributed by atoms with Crippen LogP contribution in [0.4, 0.5) is 4.39 Å². The minimum absolute atomic E-state index is 0.134. The number of sulfonamides is 1. The molecule has 51 heavy (non-hydrogen) atoms. The monoisotopic (exact) mass is 723 g/mol. The summed E-state index contributed by atoms with van der Waals surface area (Å²) in [4.78, 5) is 14.0. The molecule has 0 spiro atoms. The molecule has 9 unspecified atom stereocenters. The van der Waals surface area contributed by atoms with Gasteiger partial charge < -0.3 is 10.4 Å². The van der Waals surface area contributed by atoms with Gasteiger partial charge in [0.25, 0.3) is 0 Å². The van der Waals surface area contributed by atoms with E-state index in [-0.39, 0.29) is 32.8 Å². The number of carbonyl (C=O) groups is 1. The van der Waals surface area contributed by atoms with E-state index in [0.29, 0.717) is 42.7 Å². The van der Waals surface area contributed by atoms with Crippen molar-refractivity contribution < 1.29 is 22.7 Å². The lowest BCUT2D eigenvalue weighted by Gasteiger charge is -2.72. The summed E-state index contributed by atoms with van der Waals surface area (Å²) in [5.41, 5.74) is 2.27. The van der Waals surface area contributed by atoms with E-state index < -0.39 is 21.8 Å². The molecule has 1 aliphatic heterocycles. The number of aromatic carboxylic acids is 1. The largest absolute Gasteiger partial charge is 0.478 e. The topological polar surface area (TPSA) is 90.0 Å². The van der Waals surface area contributed by atoms with Crippen molar-refractivity contribution in [3.8, 4) is 0 Å². The number of piperazine rings is 1. The lowest BCUT2D eigenvalue weighted by molar-refractivity contribution is -0.219. The zero-order valence-corrected chi connectivity index (χ0v) is 32.8. The van der Waals surface area contributed by atoms with Crippen LogP contribution in [-0.2, 0) is 10.0 Å². The maximum Gasteiger partial charge on any atom is 0.338 e. The Morgan fingerprint density at radius 1 is 0.980 bits per heavy atom. The average Bonchev–Trinajstić information content (AvgIpc) is 3.43. The maximum absolute atomic E-state index is 14.9. The summed E-state index contributed by atoms with van der Waals surface area (Å²) in [5.74, 6) is 0.921. The van der Waals surface area contributed by atoms with Gasteiger partial charge in [0.1, 0.15) is 5.82 Å². The number of hydrogen-bond donors (Lipinski definition) is 2. The molecule has 1 aromatic carbocycles. The van der Waals surface area contributed by atoms with Crippen LogP contribution in [-0.4, -0.2) is 79.8 Å². The second-order valence-corrected chi connectivity index (χ2v) is 20.7. The van der Waals surface area contributed by atoms with Gasteiger partial charge in [0.05, 0.1) is 11.8 Å². The molecule has 9 heteroatoms. The fraction of sp³-hybridized carbons (Fsp3) is 0.738. The smallest absolute Gasteiger partial charge is 0.338 e. The highest BCUT2D eigenvalue weighted by Gasteiger charge is 2.70. The van der Waals surface area contributed by atoms with Crippen LogP contribution in [0.5, 0.6) is 0 Å². The summed E-state index contributed by atoms with van der Waals surface area (Å²) in [6.45, 7) is 21.6. The van der Waals surface area contributed by atoms with Gasteiger partial charge in [0.15, 0.2) is 0 Å². The average molecular weight is 724 g/mol. The fourth-order valence-electron chi connectivity index (χ4n) is 13.9. The molecule has 1 saturated heterocycles. The molecule has 0 amide bonds. The number of hydrogen-bond acceptors (Lipinski definition) is 5. The molecule has 1 heterocycles. The molecule has 2 N–H and O–H groups in total. The zero-order chi connectivity index (χ0) is 36.8. The van der Waals surface area contributed by atoms with Gasteiger partial charge in [-0.3, -0.25) is 4.90 Å². The van der Waals surface area contributed by atoms with Crippen molar-refractivity contribution in [1.29, 1.82) is 0 Å². The minimum Gasteiger partial charge on any atom is -0.478 e. The first-order valence-corrected chi connectivity index (χ1v) is 21.5. The van der Waals surface area contributed by atoms with Crippen LogP contribution in [0.3, 0.4) is 0 Å². The van der Waals surface area contributed by atoms with Gasteiger partial charge in [-0.25, -0.2) is 17.6 Å². The van der Waals surface area contributed by atoms with E-state index in [1.165, 1.54) is 63.3 Å². The summed E-state index contributed by atoms with van der Waals surface area (Å²) in [5, 5.41) is 13.6. The number of allylic oxidation sites excluding steroid dienone is 3. The first-order valence-electron chi connectivity index (χ1n) is 19.7. The normalized spacial score (nSPS) is 41.1. The predicted molar refractivity (Wildman–Crippen MR) is 202 cm³/mol. The number of benzene rings is 1. The molecule has 282 valence electrons. The Hall–Kier alpha value is -2.07. The highest BCUT2D eigenvalue weighted by molar-refractivity contribution is 7.88. The number of carboxylic acids is 1. The summed E-state index contributed by atoms with van der Waals surface area (Å²) >= 11 is 0. The molecule has 0 radical (unpaired) electrons. The molecule has 1 aromatic rings. The number of nitrogens with zero attached hydrogens (tertiary/aromatic N) is 2. The van der Waals surface area contributed by atoms with Crippen LogP contribution >= 0.6 is 0 Å². The number of nitrogens with one attached hydrogen (secondary N) is 1. The highest BCUT2D eigenvalue weighted by Crippen LogP contribution is 2.76. The quantitative estimate of drug-likeness (QED) is 0.267. The second-order valence-electron chi connectivity index (χ2n) is 18.8. The molecular formula is C42H62FN3O4S. The standard InChI is InChI=1S/C42H62FN3O4S/c1-8-28-13-18-42(44-21-22-45-23-25-46(26-24-45)51(7,49)50)20-19-40(5)32(36(28)42)11-12-35-39(4)16-14-31(29-9-10-30(37(47)48)33(43)27-29)38(2,3)34(39)15-17-41(35,40)6/h8-10,14,27-28,32,34-36,44H,1,11-13,15-26H2,2-7H3,(H,47,48). The van der Waals surface area contributed by atoms with Gasteiger partial charge in [-0.15, -0.1) is 6.58 Å². The molecular weight excluding hydrogens is 662 g/mol. The highest BCUT2D eigenvalue weighted by atomic mass is 32.2. The number of halogens is 1. The molecule has 9 atom stereocenters. The van der Waals surface area contributed by atoms with Crippen molar-refractivity contribution in [1.82, 2.24) is 14.5 Å². The Balaban J connectivity index is 1.11. The number of rotatable bonds is 8. The van der Waals surface area contributed by atoms with Crippen LogP contribution in [0, 0.1) is 57.1 Å². The van der Waals surface area contributed by atoms with E-state index in [4.69, 9.17) is 0 Å². The first-order chi connectivity index (χ1) is 23.9. The Labute approximate surface area is 306 Å². The van der Waals surface area contributed by atoms with Crippen LogP contribution in [0.15, 0.2) is 36.9 Å². The molecule has 6 aliphatic rings. The third-order valence-electron chi connectivity index (χ3n) is 16.6. The minimum atomic E-state index is -3.13. The molecule has 0 aromatic heterocycles. The van der Waals surface area contributed by atoms with Gasteiger partial charge in [-0.1, -0.05) is 52.8 Å². The van der Waals surface area contributed by atoms with Gasteiger partial charge in [0.2, 0.25) is 10.0 Å². The third-order valence-corrected chi connectivity index (χ3v) is 17.9. The fourth-order valence-corrected chi connectivity index (χ4v) is 14.7. The molecule has 4 saturated carbocycles. The van der Waals surface area contributed by atoms with Crippen molar-refractivity contribution in [2.75, 3.05) is 45.5 Å². The molecule has 7 rings (SSSR count). The molecule has 5 fully saturated rings. The maximum atomic E-state index is 14.9. The van der Waals surface area contributed by atoms with Crippen molar-refractivity contribution in [3.63, 3.8) is 0 Å². The molecule has 7 nitrogen and oxygen atoms in total. The van der Waals surface area contributed by atoms with E-state index in [1.807, 2.05) is 0 Å². The summed E-state index contributed by atoms with van der Waals surface area (Å²) in [6.07, 6.45) is 16.7. The van der Waals surface area contributed by atoms with Crippen LogP contribution in [0.25, 0.3) is 5.57 Å². The zero-order valence-electron chi connectivity index (χ0n) is 31.9. The first kappa shape index (κ1) is 37.3. The van der Waals surface area contributed by atoms with E-state index in [0.717, 1.165) is 50.2 Å². The second kappa shape index (κ2) is 12.8. The van der Waals surface area contributed by atoms with E-state index in [2.05, 4.69) is 63.6 Å². The summed E-state index contributed by atoms with van der Waals surface area (Å²) < 4.78 is 40.6. The summed E-state index contributed by atoms with van der Waals surface area (Å²) in [7, 11) is -3.13. The van der Waals surface area contributed by atoms with Crippen LogP contribution in [0.1, 0.15) is 108 Å². The predicted octanol–water partition coefficient (Wildman–Crippen LogP) is 7.70. The van der Waals surface area contributed by atoms with Gasteiger partial charge in [0, 0.05) is 44.8 Å². The van der Waals surface area contributed by atoms with Crippen LogP contribution < -0.4 is 5.32 Å². The number of carboxylic acid groups (broad SMARTS) is 1. The van der Waals surface area contributed by atoms with Crippen molar-refractivity contribution in [3.05, 3.63) is 53.9 Å². The van der Waals surface area contributed by atoms with Crippen molar-refractivity contribution in [2.45, 2.75) is 97.9 Å². The van der Waals surface area contributed by atoms with Gasteiger partial charge in [-0.05, 0) is 132 Å². The Morgan fingerprint density at radius 2 is 1.71 bits per heavy atom. The molecule has 5 aliphatic carbocycles. The van der Waals surface area contributed by atoms with Gasteiger partial charge >= 0.3 is 5.97 Å². The van der Waals surface area contributed by atoms with E-state index in [1.54, 1.807) is 10.4 Å². The Morgan fingerprint density at radius 3 is 2.35 bits per heavy atom. The van der Waals surface area contributed by atoms with Crippen LogP contribution in [0.2, 0.25) is 0 Å². The van der Waals surface area contributed by atoms with Gasteiger partial charge in [-0.2, -0.15) is 4.31 Å². The number of fused-ring (bicyclic) bond motifs is 7. The van der Waals surface area contributed by atoms with E-state index in [9.17, 15) is 22.7 Å². The van der Waals surface area contributed by atoms with Crippen molar-refractivity contribution in [2.24, 2.45) is 51.2 Å². The molecule has 0 bridgehead atoms.